The third kappa shape index (κ3) is 2.33. The van der Waals surface area contributed by atoms with Crippen LogP contribution >= 0.6 is 0 Å². The zero-order valence-electron chi connectivity index (χ0n) is 10.9. The first-order valence-corrected chi connectivity index (χ1v) is 6.71. The van der Waals surface area contributed by atoms with Crippen molar-refractivity contribution < 1.29 is 4.79 Å². The fourth-order valence-electron chi connectivity index (χ4n) is 3.30. The van der Waals surface area contributed by atoms with Gasteiger partial charge in [0.05, 0.1) is 0 Å². The van der Waals surface area contributed by atoms with Crippen LogP contribution < -0.4 is 0 Å². The highest BCUT2D eigenvalue weighted by Gasteiger charge is 2.39. The van der Waals surface area contributed by atoms with Gasteiger partial charge in [0.25, 0.3) is 0 Å². The van der Waals surface area contributed by atoms with Gasteiger partial charge in [0.1, 0.15) is 5.78 Å². The largest absolute Gasteiger partial charge is 0.305 e. The van der Waals surface area contributed by atoms with Gasteiger partial charge >= 0.3 is 0 Å². The second-order valence-corrected chi connectivity index (χ2v) is 5.70. The molecule has 0 aliphatic carbocycles. The van der Waals surface area contributed by atoms with E-state index in [2.05, 4.69) is 41.1 Å². The molecular weight excluding hydrogens is 224 g/mol. The summed E-state index contributed by atoms with van der Waals surface area (Å²) >= 11 is 0. The smallest absolute Gasteiger partial charge is 0.144 e. The highest BCUT2D eigenvalue weighted by Crippen LogP contribution is 2.25. The number of hydrogen-bond acceptors (Lipinski definition) is 3. The molecule has 3 rings (SSSR count). The van der Waals surface area contributed by atoms with Crippen LogP contribution in [0.5, 0.6) is 0 Å². The summed E-state index contributed by atoms with van der Waals surface area (Å²) in [6.07, 6.45) is 0. The molecular formula is C15H20N2O. The number of ketones is 1. The number of piperidine rings is 2. The van der Waals surface area contributed by atoms with Crippen LogP contribution in [-0.4, -0.2) is 48.8 Å². The fourth-order valence-corrected chi connectivity index (χ4v) is 3.30. The number of hydrogen-bond donors (Lipinski definition) is 0. The molecule has 0 N–H and O–H groups in total. The van der Waals surface area contributed by atoms with E-state index in [1.165, 1.54) is 5.56 Å². The van der Waals surface area contributed by atoms with Gasteiger partial charge in [-0.3, -0.25) is 9.69 Å². The Bertz CT molecular complexity index is 413. The van der Waals surface area contributed by atoms with E-state index in [0.29, 0.717) is 5.78 Å². The van der Waals surface area contributed by atoms with Crippen molar-refractivity contribution in [2.75, 3.05) is 33.2 Å². The number of nitrogens with zero attached hydrogens (tertiary/aromatic N) is 2. The van der Waals surface area contributed by atoms with E-state index in [1.807, 2.05) is 6.07 Å². The van der Waals surface area contributed by atoms with Crippen LogP contribution in [0.1, 0.15) is 5.56 Å². The molecule has 18 heavy (non-hydrogen) atoms. The summed E-state index contributed by atoms with van der Waals surface area (Å²) < 4.78 is 0. The van der Waals surface area contributed by atoms with Gasteiger partial charge in [-0.05, 0) is 12.6 Å². The first kappa shape index (κ1) is 11.9. The van der Waals surface area contributed by atoms with Crippen molar-refractivity contribution in [2.24, 2.45) is 11.8 Å². The Hall–Kier alpha value is -1.19. The molecule has 3 heteroatoms. The number of fused-ring (bicyclic) bond motifs is 2. The van der Waals surface area contributed by atoms with Crippen LogP contribution in [0.15, 0.2) is 30.3 Å². The van der Waals surface area contributed by atoms with E-state index >= 15 is 0 Å². The number of carbonyl (C=O) groups excluding carboxylic acids is 1. The molecule has 2 fully saturated rings. The molecule has 2 bridgehead atoms. The Morgan fingerprint density at radius 1 is 1.06 bits per heavy atom. The molecule has 2 saturated heterocycles. The maximum absolute atomic E-state index is 12.1. The molecule has 0 spiro atoms. The lowest BCUT2D eigenvalue weighted by Crippen LogP contribution is -2.56. The lowest BCUT2D eigenvalue weighted by atomic mass is 9.83. The van der Waals surface area contributed by atoms with Crippen LogP contribution in [0.2, 0.25) is 0 Å². The van der Waals surface area contributed by atoms with Gasteiger partial charge in [-0.15, -0.1) is 0 Å². The lowest BCUT2D eigenvalue weighted by Gasteiger charge is -2.43. The van der Waals surface area contributed by atoms with Crippen molar-refractivity contribution in [2.45, 2.75) is 6.54 Å². The predicted octanol–water partition coefficient (Wildman–Crippen LogP) is 1.25. The first-order chi connectivity index (χ1) is 8.72. The van der Waals surface area contributed by atoms with Crippen LogP contribution in [0.4, 0.5) is 0 Å². The summed E-state index contributed by atoms with van der Waals surface area (Å²) in [5.41, 5.74) is 1.35. The molecule has 0 amide bonds. The minimum Gasteiger partial charge on any atom is -0.305 e. The van der Waals surface area contributed by atoms with Crippen molar-refractivity contribution >= 4 is 5.78 Å². The lowest BCUT2D eigenvalue weighted by molar-refractivity contribution is -0.137. The molecule has 3 nitrogen and oxygen atoms in total. The average Bonchev–Trinajstić information content (AvgIpc) is 2.33. The molecule has 0 aromatic heterocycles. The Kier molecular flexibility index (Phi) is 3.18. The van der Waals surface area contributed by atoms with E-state index in [0.717, 1.165) is 32.7 Å². The average molecular weight is 244 g/mol. The highest BCUT2D eigenvalue weighted by molar-refractivity contribution is 5.85. The number of Topliss-reactive ketones (excluding diaryl/α,β-unsaturated/α-hetero) is 1. The van der Waals surface area contributed by atoms with Gasteiger partial charge in [0, 0.05) is 44.6 Å². The van der Waals surface area contributed by atoms with Crippen molar-refractivity contribution in [3.8, 4) is 0 Å². The first-order valence-electron chi connectivity index (χ1n) is 6.71. The standard InChI is InChI=1S/C15H20N2O/c1-16-8-13-10-17(11-14(9-16)15(13)18)7-12-5-3-2-4-6-12/h2-6,13-14H,7-11H2,1H3/t13-,14-/m1/s1. The number of likely N-dealkylation sites (tertiary alicyclic amines) is 2. The Morgan fingerprint density at radius 2 is 1.67 bits per heavy atom. The van der Waals surface area contributed by atoms with Gasteiger partial charge in [0.15, 0.2) is 0 Å². The van der Waals surface area contributed by atoms with E-state index in [4.69, 9.17) is 0 Å². The highest BCUT2D eigenvalue weighted by atomic mass is 16.1. The Balaban J connectivity index is 1.68. The molecule has 0 unspecified atom stereocenters. The monoisotopic (exact) mass is 244 g/mol. The van der Waals surface area contributed by atoms with E-state index in [1.54, 1.807) is 0 Å². The topological polar surface area (TPSA) is 23.6 Å². The third-order valence-corrected chi connectivity index (χ3v) is 4.08. The van der Waals surface area contributed by atoms with Gasteiger partial charge in [-0.1, -0.05) is 30.3 Å². The second kappa shape index (κ2) is 4.82. The Morgan fingerprint density at radius 3 is 2.28 bits per heavy atom. The molecule has 2 heterocycles. The number of carbonyl (C=O) groups is 1. The molecule has 2 atom stereocenters. The van der Waals surface area contributed by atoms with Crippen LogP contribution in [0.25, 0.3) is 0 Å². The minimum absolute atomic E-state index is 0.228. The summed E-state index contributed by atoms with van der Waals surface area (Å²) in [7, 11) is 2.12. The normalized spacial score (nSPS) is 29.5. The molecule has 0 saturated carbocycles. The molecule has 1 aromatic carbocycles. The summed E-state index contributed by atoms with van der Waals surface area (Å²) in [6.45, 7) is 4.69. The summed E-state index contributed by atoms with van der Waals surface area (Å²) in [5, 5.41) is 0. The van der Waals surface area contributed by atoms with E-state index < -0.39 is 0 Å². The SMILES string of the molecule is CN1C[C@@H]2CN(Cc3ccccc3)C[C@@H](C1)C2=O. The van der Waals surface area contributed by atoms with Crippen molar-refractivity contribution in [3.63, 3.8) is 0 Å². The van der Waals surface area contributed by atoms with Gasteiger partial charge in [-0.25, -0.2) is 0 Å². The quantitative estimate of drug-likeness (QED) is 0.782. The van der Waals surface area contributed by atoms with Gasteiger partial charge in [-0.2, -0.15) is 0 Å². The van der Waals surface area contributed by atoms with Crippen molar-refractivity contribution in [1.29, 1.82) is 0 Å². The third-order valence-electron chi connectivity index (χ3n) is 4.08. The van der Waals surface area contributed by atoms with Crippen LogP contribution in [-0.2, 0) is 11.3 Å². The number of benzene rings is 1. The van der Waals surface area contributed by atoms with E-state index in [9.17, 15) is 4.79 Å². The second-order valence-electron chi connectivity index (χ2n) is 5.70. The van der Waals surface area contributed by atoms with Crippen molar-refractivity contribution in [3.05, 3.63) is 35.9 Å². The summed E-state index contributed by atoms with van der Waals surface area (Å²) in [5.74, 6) is 0.954. The maximum atomic E-state index is 12.1. The molecule has 2 aliphatic rings. The van der Waals surface area contributed by atoms with Crippen LogP contribution in [0, 0.1) is 11.8 Å². The maximum Gasteiger partial charge on any atom is 0.144 e. The Labute approximate surface area is 108 Å². The summed E-state index contributed by atoms with van der Waals surface area (Å²) in [4.78, 5) is 16.8. The zero-order valence-corrected chi connectivity index (χ0v) is 10.9. The van der Waals surface area contributed by atoms with Gasteiger partial charge < -0.3 is 4.90 Å². The fraction of sp³-hybridized carbons (Fsp3) is 0.533. The molecule has 0 radical (unpaired) electrons. The minimum atomic E-state index is 0.228. The van der Waals surface area contributed by atoms with Gasteiger partial charge in [0.2, 0.25) is 0 Å². The van der Waals surface area contributed by atoms with Crippen LogP contribution in [0.3, 0.4) is 0 Å². The zero-order chi connectivity index (χ0) is 12.5. The molecule has 96 valence electrons. The molecule has 1 aromatic rings. The van der Waals surface area contributed by atoms with E-state index in [-0.39, 0.29) is 11.8 Å². The summed E-state index contributed by atoms with van der Waals surface area (Å²) in [6, 6.07) is 10.5. The molecule has 2 aliphatic heterocycles. The van der Waals surface area contributed by atoms with Crippen molar-refractivity contribution in [1.82, 2.24) is 9.80 Å². The predicted molar refractivity (Wildman–Crippen MR) is 71.2 cm³/mol. The number of rotatable bonds is 2.